The lowest BCUT2D eigenvalue weighted by molar-refractivity contribution is 0.582. The summed E-state index contributed by atoms with van der Waals surface area (Å²) < 4.78 is 25.6. The van der Waals surface area contributed by atoms with E-state index in [1.807, 2.05) is 19.1 Å². The zero-order valence-electron chi connectivity index (χ0n) is 8.40. The summed E-state index contributed by atoms with van der Waals surface area (Å²) in [4.78, 5) is 0.237. The van der Waals surface area contributed by atoms with E-state index in [2.05, 4.69) is 4.72 Å². The SMILES string of the molecule is Cc1cccc(S(=O)(=O)NCCC#N)c1. The minimum absolute atomic E-state index is 0.146. The van der Waals surface area contributed by atoms with Crippen LogP contribution in [0.1, 0.15) is 12.0 Å². The van der Waals surface area contributed by atoms with Gasteiger partial charge < -0.3 is 0 Å². The third-order valence-corrected chi connectivity index (χ3v) is 3.29. The lowest BCUT2D eigenvalue weighted by atomic mass is 10.2. The molecule has 0 saturated heterocycles. The minimum Gasteiger partial charge on any atom is -0.210 e. The molecule has 0 saturated carbocycles. The first kappa shape index (κ1) is 11.7. The van der Waals surface area contributed by atoms with Crippen molar-refractivity contribution in [3.05, 3.63) is 29.8 Å². The Hall–Kier alpha value is -1.38. The Morgan fingerprint density at radius 3 is 2.80 bits per heavy atom. The summed E-state index contributed by atoms with van der Waals surface area (Å²) >= 11 is 0. The topological polar surface area (TPSA) is 70.0 Å². The van der Waals surface area contributed by atoms with Crippen molar-refractivity contribution in [2.75, 3.05) is 6.54 Å². The van der Waals surface area contributed by atoms with Crippen molar-refractivity contribution >= 4 is 10.0 Å². The van der Waals surface area contributed by atoms with E-state index >= 15 is 0 Å². The summed E-state index contributed by atoms with van der Waals surface area (Å²) in [5, 5.41) is 8.29. The van der Waals surface area contributed by atoms with Crippen molar-refractivity contribution in [3.8, 4) is 6.07 Å². The molecule has 15 heavy (non-hydrogen) atoms. The van der Waals surface area contributed by atoms with E-state index in [1.54, 1.807) is 12.1 Å². The predicted octanol–water partition coefficient (Wildman–Crippen LogP) is 1.19. The van der Waals surface area contributed by atoms with Crippen LogP contribution in [0.4, 0.5) is 0 Å². The number of hydrogen-bond donors (Lipinski definition) is 1. The maximum absolute atomic E-state index is 11.6. The molecule has 0 radical (unpaired) electrons. The standard InChI is InChI=1S/C10H12N2O2S/c1-9-4-2-5-10(8-9)15(13,14)12-7-3-6-11/h2,4-5,8,12H,3,7H2,1H3. The highest BCUT2D eigenvalue weighted by molar-refractivity contribution is 7.89. The normalized spacial score (nSPS) is 10.9. The van der Waals surface area contributed by atoms with Crippen LogP contribution in [-0.4, -0.2) is 15.0 Å². The number of hydrogen-bond acceptors (Lipinski definition) is 3. The van der Waals surface area contributed by atoms with Crippen molar-refractivity contribution in [1.82, 2.24) is 4.72 Å². The molecule has 0 amide bonds. The fraction of sp³-hybridized carbons (Fsp3) is 0.300. The quantitative estimate of drug-likeness (QED) is 0.781. The first-order valence-electron chi connectivity index (χ1n) is 4.49. The largest absolute Gasteiger partial charge is 0.240 e. The number of benzene rings is 1. The smallest absolute Gasteiger partial charge is 0.210 e. The molecule has 1 rings (SSSR count). The summed E-state index contributed by atoms with van der Waals surface area (Å²) in [5.41, 5.74) is 0.887. The molecule has 0 bridgehead atoms. The van der Waals surface area contributed by atoms with Gasteiger partial charge >= 0.3 is 0 Å². The molecule has 0 aliphatic carbocycles. The van der Waals surface area contributed by atoms with Gasteiger partial charge in [0, 0.05) is 13.0 Å². The average Bonchev–Trinajstić information content (AvgIpc) is 2.18. The summed E-state index contributed by atoms with van der Waals surface area (Å²) in [5.74, 6) is 0. The number of aryl methyl sites for hydroxylation is 1. The van der Waals surface area contributed by atoms with Gasteiger partial charge in [-0.2, -0.15) is 5.26 Å². The molecule has 0 atom stereocenters. The monoisotopic (exact) mass is 224 g/mol. The molecular formula is C10H12N2O2S. The highest BCUT2D eigenvalue weighted by atomic mass is 32.2. The molecule has 0 aliphatic rings. The highest BCUT2D eigenvalue weighted by Gasteiger charge is 2.12. The van der Waals surface area contributed by atoms with Crippen LogP contribution in [-0.2, 0) is 10.0 Å². The number of nitriles is 1. The summed E-state index contributed by atoms with van der Waals surface area (Å²) in [7, 11) is -3.46. The minimum atomic E-state index is -3.46. The van der Waals surface area contributed by atoms with Gasteiger partial charge in [0.2, 0.25) is 10.0 Å². The molecular weight excluding hydrogens is 212 g/mol. The maximum atomic E-state index is 11.6. The molecule has 0 spiro atoms. The van der Waals surface area contributed by atoms with Crippen molar-refractivity contribution in [2.24, 2.45) is 0 Å². The molecule has 1 aromatic carbocycles. The Balaban J connectivity index is 2.83. The average molecular weight is 224 g/mol. The number of sulfonamides is 1. The van der Waals surface area contributed by atoms with Gasteiger partial charge in [0.1, 0.15) is 0 Å². The first-order valence-corrected chi connectivity index (χ1v) is 5.98. The fourth-order valence-electron chi connectivity index (χ4n) is 1.11. The highest BCUT2D eigenvalue weighted by Crippen LogP contribution is 2.10. The number of nitrogens with one attached hydrogen (secondary N) is 1. The second kappa shape index (κ2) is 4.91. The molecule has 1 N–H and O–H groups in total. The predicted molar refractivity (Wildman–Crippen MR) is 56.6 cm³/mol. The van der Waals surface area contributed by atoms with Crippen LogP contribution in [0.25, 0.3) is 0 Å². The number of nitrogens with zero attached hydrogens (tertiary/aromatic N) is 1. The molecule has 0 heterocycles. The summed E-state index contributed by atoms with van der Waals surface area (Å²) in [6.45, 7) is 1.97. The van der Waals surface area contributed by atoms with Crippen LogP contribution >= 0.6 is 0 Å². The molecule has 4 nitrogen and oxygen atoms in total. The number of rotatable bonds is 4. The Kier molecular flexibility index (Phi) is 3.83. The van der Waals surface area contributed by atoms with Crippen molar-refractivity contribution in [3.63, 3.8) is 0 Å². The van der Waals surface area contributed by atoms with Gasteiger partial charge in [-0.15, -0.1) is 0 Å². The Morgan fingerprint density at radius 1 is 1.47 bits per heavy atom. The molecule has 1 aromatic rings. The molecule has 0 unspecified atom stereocenters. The van der Waals surface area contributed by atoms with E-state index in [4.69, 9.17) is 5.26 Å². The Morgan fingerprint density at radius 2 is 2.20 bits per heavy atom. The van der Waals surface area contributed by atoms with E-state index in [0.29, 0.717) is 0 Å². The molecule has 0 aromatic heterocycles. The van der Waals surface area contributed by atoms with E-state index < -0.39 is 10.0 Å². The van der Waals surface area contributed by atoms with Crippen LogP contribution in [0.2, 0.25) is 0 Å². The van der Waals surface area contributed by atoms with E-state index in [-0.39, 0.29) is 17.9 Å². The molecule has 0 aliphatic heterocycles. The zero-order chi connectivity index (χ0) is 11.3. The zero-order valence-corrected chi connectivity index (χ0v) is 9.21. The summed E-state index contributed by atoms with van der Waals surface area (Å²) in [6, 6.07) is 8.51. The molecule has 80 valence electrons. The van der Waals surface area contributed by atoms with Gasteiger partial charge in [-0.1, -0.05) is 12.1 Å². The second-order valence-electron chi connectivity index (χ2n) is 3.12. The van der Waals surface area contributed by atoms with Crippen LogP contribution < -0.4 is 4.72 Å². The third kappa shape index (κ3) is 3.35. The van der Waals surface area contributed by atoms with E-state index in [1.165, 1.54) is 6.07 Å². The maximum Gasteiger partial charge on any atom is 0.240 e. The lowest BCUT2D eigenvalue weighted by Gasteiger charge is -2.05. The van der Waals surface area contributed by atoms with Crippen LogP contribution in [0.3, 0.4) is 0 Å². The lowest BCUT2D eigenvalue weighted by Crippen LogP contribution is -2.24. The van der Waals surface area contributed by atoms with Gasteiger partial charge in [-0.25, -0.2) is 13.1 Å². The van der Waals surface area contributed by atoms with Crippen molar-refractivity contribution < 1.29 is 8.42 Å². The fourth-order valence-corrected chi connectivity index (χ4v) is 2.24. The Labute approximate surface area is 89.6 Å². The first-order chi connectivity index (χ1) is 7.06. The summed E-state index contributed by atoms with van der Waals surface area (Å²) in [6.07, 6.45) is 0.172. The molecule has 0 fully saturated rings. The van der Waals surface area contributed by atoms with E-state index in [9.17, 15) is 8.42 Å². The third-order valence-electron chi connectivity index (χ3n) is 1.83. The molecule has 5 heteroatoms. The Bertz CT molecular complexity index is 474. The van der Waals surface area contributed by atoms with Crippen LogP contribution in [0, 0.1) is 18.3 Å². The second-order valence-corrected chi connectivity index (χ2v) is 4.89. The van der Waals surface area contributed by atoms with Gasteiger partial charge in [0.05, 0.1) is 11.0 Å². The van der Waals surface area contributed by atoms with Gasteiger partial charge in [-0.05, 0) is 24.6 Å². The van der Waals surface area contributed by atoms with Crippen LogP contribution in [0.15, 0.2) is 29.2 Å². The van der Waals surface area contributed by atoms with Gasteiger partial charge in [-0.3, -0.25) is 0 Å². The van der Waals surface area contributed by atoms with Gasteiger partial charge in [0.15, 0.2) is 0 Å². The van der Waals surface area contributed by atoms with Crippen molar-refractivity contribution in [2.45, 2.75) is 18.2 Å². The van der Waals surface area contributed by atoms with Crippen molar-refractivity contribution in [1.29, 1.82) is 5.26 Å². The van der Waals surface area contributed by atoms with Crippen LogP contribution in [0.5, 0.6) is 0 Å². The van der Waals surface area contributed by atoms with Gasteiger partial charge in [0.25, 0.3) is 0 Å². The van der Waals surface area contributed by atoms with E-state index in [0.717, 1.165) is 5.56 Å².